The third-order valence-corrected chi connectivity index (χ3v) is 6.71. The van der Waals surface area contributed by atoms with E-state index >= 15 is 0 Å². The SMILES string of the molecule is Cc1ccc(NC(=O)C(=O)NC(C)C23CC4CC(CC(C4)C2)C3)nc1. The van der Waals surface area contributed by atoms with Crippen LogP contribution in [-0.4, -0.2) is 22.8 Å². The number of aryl methyl sites for hydroxylation is 1. The van der Waals surface area contributed by atoms with Gasteiger partial charge in [0.05, 0.1) is 0 Å². The zero-order chi connectivity index (χ0) is 17.6. The van der Waals surface area contributed by atoms with Gasteiger partial charge in [-0.15, -0.1) is 0 Å². The molecule has 1 aromatic rings. The lowest BCUT2D eigenvalue weighted by molar-refractivity contribution is -0.138. The molecule has 4 bridgehead atoms. The third kappa shape index (κ3) is 3.16. The Balaban J connectivity index is 1.38. The molecule has 5 heteroatoms. The van der Waals surface area contributed by atoms with Crippen LogP contribution in [0.4, 0.5) is 5.82 Å². The molecule has 0 saturated heterocycles. The van der Waals surface area contributed by atoms with Gasteiger partial charge in [0.2, 0.25) is 0 Å². The van der Waals surface area contributed by atoms with Crippen molar-refractivity contribution in [3.05, 3.63) is 23.9 Å². The second kappa shape index (κ2) is 6.11. The molecule has 0 aromatic carbocycles. The fraction of sp³-hybridized carbons (Fsp3) is 0.650. The van der Waals surface area contributed by atoms with Crippen LogP contribution in [0.25, 0.3) is 0 Å². The summed E-state index contributed by atoms with van der Waals surface area (Å²) in [6, 6.07) is 3.62. The zero-order valence-electron chi connectivity index (χ0n) is 15.0. The summed E-state index contributed by atoms with van der Waals surface area (Å²) in [5.74, 6) is 1.72. The monoisotopic (exact) mass is 341 g/mol. The Kier molecular flexibility index (Phi) is 4.05. The first-order valence-electron chi connectivity index (χ1n) is 9.48. The molecular formula is C20H27N3O2. The molecule has 4 aliphatic carbocycles. The van der Waals surface area contributed by atoms with Crippen molar-refractivity contribution in [2.24, 2.45) is 23.2 Å². The lowest BCUT2D eigenvalue weighted by Gasteiger charge is -2.59. The second-order valence-electron chi connectivity index (χ2n) is 8.65. The molecule has 0 aliphatic heterocycles. The van der Waals surface area contributed by atoms with Gasteiger partial charge in [-0.25, -0.2) is 4.98 Å². The summed E-state index contributed by atoms with van der Waals surface area (Å²) in [5.41, 5.74) is 1.21. The van der Waals surface area contributed by atoms with Gasteiger partial charge < -0.3 is 10.6 Å². The zero-order valence-corrected chi connectivity index (χ0v) is 15.0. The average molecular weight is 341 g/mol. The molecule has 4 saturated carbocycles. The molecule has 1 atom stereocenters. The van der Waals surface area contributed by atoms with Gasteiger partial charge in [-0.1, -0.05) is 6.07 Å². The minimum absolute atomic E-state index is 0.0464. The minimum Gasteiger partial charge on any atom is -0.345 e. The molecule has 1 aromatic heterocycles. The number of carbonyl (C=O) groups is 2. The van der Waals surface area contributed by atoms with Gasteiger partial charge in [0.15, 0.2) is 0 Å². The van der Waals surface area contributed by atoms with E-state index in [9.17, 15) is 9.59 Å². The van der Waals surface area contributed by atoms with Crippen LogP contribution >= 0.6 is 0 Å². The van der Waals surface area contributed by atoms with Crippen LogP contribution in [0, 0.1) is 30.1 Å². The van der Waals surface area contributed by atoms with E-state index in [1.807, 2.05) is 13.0 Å². The number of aromatic nitrogens is 1. The first-order valence-corrected chi connectivity index (χ1v) is 9.48. The Morgan fingerprint density at radius 1 is 1.08 bits per heavy atom. The van der Waals surface area contributed by atoms with Gasteiger partial charge >= 0.3 is 11.8 Å². The van der Waals surface area contributed by atoms with E-state index in [1.54, 1.807) is 12.3 Å². The highest BCUT2D eigenvalue weighted by molar-refractivity contribution is 6.39. The van der Waals surface area contributed by atoms with Gasteiger partial charge in [0.25, 0.3) is 0 Å². The van der Waals surface area contributed by atoms with Crippen LogP contribution in [0.3, 0.4) is 0 Å². The first kappa shape index (κ1) is 16.6. The predicted octanol–water partition coefficient (Wildman–Crippen LogP) is 3.05. The van der Waals surface area contributed by atoms with E-state index in [0.29, 0.717) is 5.82 Å². The Hall–Kier alpha value is -1.91. The number of pyridine rings is 1. The molecule has 5 nitrogen and oxygen atoms in total. The maximum atomic E-state index is 12.4. The van der Waals surface area contributed by atoms with Crippen LogP contribution in [0.1, 0.15) is 51.0 Å². The quantitative estimate of drug-likeness (QED) is 0.830. The molecule has 2 amide bonds. The molecule has 5 rings (SSSR count). The predicted molar refractivity (Wildman–Crippen MR) is 95.8 cm³/mol. The average Bonchev–Trinajstić information content (AvgIpc) is 2.55. The van der Waals surface area contributed by atoms with Crippen molar-refractivity contribution < 1.29 is 9.59 Å². The van der Waals surface area contributed by atoms with E-state index in [1.165, 1.54) is 38.5 Å². The van der Waals surface area contributed by atoms with Crippen molar-refractivity contribution in [3.8, 4) is 0 Å². The number of anilines is 1. The van der Waals surface area contributed by atoms with E-state index in [-0.39, 0.29) is 11.5 Å². The second-order valence-corrected chi connectivity index (χ2v) is 8.65. The summed E-state index contributed by atoms with van der Waals surface area (Å²) in [5, 5.41) is 5.58. The van der Waals surface area contributed by atoms with Crippen molar-refractivity contribution >= 4 is 17.6 Å². The molecule has 4 fully saturated rings. The first-order chi connectivity index (χ1) is 11.9. The number of nitrogens with zero attached hydrogens (tertiary/aromatic N) is 1. The molecule has 4 aliphatic rings. The van der Waals surface area contributed by atoms with Gasteiger partial charge in [-0.05, 0) is 87.2 Å². The maximum absolute atomic E-state index is 12.4. The number of rotatable bonds is 3. The smallest absolute Gasteiger partial charge is 0.314 e. The summed E-state index contributed by atoms with van der Waals surface area (Å²) < 4.78 is 0. The van der Waals surface area contributed by atoms with E-state index in [0.717, 1.165) is 23.3 Å². The van der Waals surface area contributed by atoms with E-state index in [2.05, 4.69) is 22.5 Å². The summed E-state index contributed by atoms with van der Waals surface area (Å²) >= 11 is 0. The van der Waals surface area contributed by atoms with E-state index in [4.69, 9.17) is 0 Å². The van der Waals surface area contributed by atoms with Crippen LogP contribution in [0.5, 0.6) is 0 Å². The van der Waals surface area contributed by atoms with Crippen molar-refractivity contribution in [2.75, 3.05) is 5.32 Å². The Morgan fingerprint density at radius 2 is 1.68 bits per heavy atom. The third-order valence-electron chi connectivity index (χ3n) is 6.71. The van der Waals surface area contributed by atoms with Gasteiger partial charge in [0, 0.05) is 12.2 Å². The van der Waals surface area contributed by atoms with Gasteiger partial charge in [-0.3, -0.25) is 9.59 Å². The number of nitrogens with one attached hydrogen (secondary N) is 2. The summed E-state index contributed by atoms with van der Waals surface area (Å²) in [4.78, 5) is 28.7. The molecule has 0 spiro atoms. The molecule has 0 radical (unpaired) electrons. The Bertz CT molecular complexity index is 647. The molecule has 134 valence electrons. The maximum Gasteiger partial charge on any atom is 0.314 e. The van der Waals surface area contributed by atoms with Crippen LogP contribution in [-0.2, 0) is 9.59 Å². The molecule has 1 heterocycles. The highest BCUT2D eigenvalue weighted by Gasteiger charge is 2.53. The lowest BCUT2D eigenvalue weighted by Crippen LogP contribution is -2.57. The number of amides is 2. The summed E-state index contributed by atoms with van der Waals surface area (Å²) in [6.07, 6.45) is 9.43. The van der Waals surface area contributed by atoms with Crippen LogP contribution in [0.2, 0.25) is 0 Å². The van der Waals surface area contributed by atoms with Crippen molar-refractivity contribution in [2.45, 2.75) is 58.4 Å². The number of hydrogen-bond donors (Lipinski definition) is 2. The highest BCUT2D eigenvalue weighted by atomic mass is 16.2. The Morgan fingerprint density at radius 3 is 2.20 bits per heavy atom. The minimum atomic E-state index is -0.632. The van der Waals surface area contributed by atoms with E-state index < -0.39 is 11.8 Å². The highest BCUT2D eigenvalue weighted by Crippen LogP contribution is 2.61. The van der Waals surface area contributed by atoms with Crippen molar-refractivity contribution in [1.29, 1.82) is 0 Å². The molecule has 25 heavy (non-hydrogen) atoms. The normalized spacial score (nSPS) is 33.8. The Labute approximate surface area is 149 Å². The van der Waals surface area contributed by atoms with Crippen molar-refractivity contribution in [3.63, 3.8) is 0 Å². The standard InChI is InChI=1S/C20H27N3O2/c1-12-3-4-17(21-11-12)23-19(25)18(24)22-13(2)20-8-14-5-15(9-20)7-16(6-14)10-20/h3-4,11,13-16H,5-10H2,1-2H3,(H,22,24)(H,21,23,25). The molecule has 1 unspecified atom stereocenters. The van der Waals surface area contributed by atoms with Gasteiger partial charge in [0.1, 0.15) is 5.82 Å². The number of hydrogen-bond acceptors (Lipinski definition) is 3. The van der Waals surface area contributed by atoms with Gasteiger partial charge in [-0.2, -0.15) is 0 Å². The topological polar surface area (TPSA) is 71.1 Å². The fourth-order valence-electron chi connectivity index (χ4n) is 5.84. The fourth-order valence-corrected chi connectivity index (χ4v) is 5.84. The largest absolute Gasteiger partial charge is 0.345 e. The lowest BCUT2D eigenvalue weighted by atomic mass is 9.48. The summed E-state index contributed by atoms with van der Waals surface area (Å²) in [6.45, 7) is 4.01. The summed E-state index contributed by atoms with van der Waals surface area (Å²) in [7, 11) is 0. The number of carbonyl (C=O) groups excluding carboxylic acids is 2. The molecule has 2 N–H and O–H groups in total. The molecular weight excluding hydrogens is 314 g/mol. The van der Waals surface area contributed by atoms with Crippen LogP contribution in [0.15, 0.2) is 18.3 Å². The van der Waals surface area contributed by atoms with Crippen LogP contribution < -0.4 is 10.6 Å². The van der Waals surface area contributed by atoms with Crippen molar-refractivity contribution in [1.82, 2.24) is 10.3 Å².